The second kappa shape index (κ2) is 15.6. The van der Waals surface area contributed by atoms with Crippen LogP contribution in [0.1, 0.15) is 33.6 Å². The number of nitrogens with zero attached hydrogens (tertiary/aromatic N) is 3. The zero-order valence-corrected chi connectivity index (χ0v) is 20.5. The minimum absolute atomic E-state index is 0. The molecule has 2 rings (SSSR count). The summed E-state index contributed by atoms with van der Waals surface area (Å²) < 4.78 is 11.1. The van der Waals surface area contributed by atoms with Gasteiger partial charge in [-0.2, -0.15) is 0 Å². The SMILES string of the molecule is CCNC(=NCC(C)CN1CCN(CC)CC1)NCCCOC1CCOC1.I. The van der Waals surface area contributed by atoms with E-state index < -0.39 is 0 Å². The first-order chi connectivity index (χ1) is 13.2. The molecule has 28 heavy (non-hydrogen) atoms. The number of aliphatic imine (C=N–C) groups is 1. The summed E-state index contributed by atoms with van der Waals surface area (Å²) in [6.45, 7) is 18.7. The number of guanidine groups is 1. The molecule has 0 saturated carbocycles. The van der Waals surface area contributed by atoms with Crippen molar-refractivity contribution in [1.82, 2.24) is 20.4 Å². The van der Waals surface area contributed by atoms with E-state index in [9.17, 15) is 0 Å². The lowest BCUT2D eigenvalue weighted by Crippen LogP contribution is -2.47. The van der Waals surface area contributed by atoms with E-state index >= 15 is 0 Å². The van der Waals surface area contributed by atoms with Crippen LogP contribution in [0.4, 0.5) is 0 Å². The molecule has 166 valence electrons. The number of hydrogen-bond acceptors (Lipinski definition) is 5. The van der Waals surface area contributed by atoms with Gasteiger partial charge in [0, 0.05) is 65.6 Å². The van der Waals surface area contributed by atoms with Crippen molar-refractivity contribution in [2.24, 2.45) is 10.9 Å². The summed E-state index contributed by atoms with van der Waals surface area (Å²) in [5.74, 6) is 1.49. The molecule has 0 aromatic heterocycles. The molecule has 0 aromatic rings. The van der Waals surface area contributed by atoms with Gasteiger partial charge in [0.1, 0.15) is 0 Å². The van der Waals surface area contributed by atoms with Crippen LogP contribution in [0.2, 0.25) is 0 Å². The monoisotopic (exact) mass is 511 g/mol. The van der Waals surface area contributed by atoms with E-state index in [1.54, 1.807) is 0 Å². The number of nitrogens with one attached hydrogen (secondary N) is 2. The van der Waals surface area contributed by atoms with Crippen molar-refractivity contribution in [2.45, 2.75) is 39.7 Å². The van der Waals surface area contributed by atoms with Gasteiger partial charge in [0.25, 0.3) is 0 Å². The van der Waals surface area contributed by atoms with E-state index in [0.29, 0.717) is 12.0 Å². The highest BCUT2D eigenvalue weighted by molar-refractivity contribution is 14.0. The van der Waals surface area contributed by atoms with Gasteiger partial charge in [-0.1, -0.05) is 13.8 Å². The molecule has 2 heterocycles. The van der Waals surface area contributed by atoms with Crippen LogP contribution in [0.15, 0.2) is 4.99 Å². The van der Waals surface area contributed by atoms with Crippen LogP contribution in [0.25, 0.3) is 0 Å². The van der Waals surface area contributed by atoms with Crippen LogP contribution in [0.5, 0.6) is 0 Å². The van der Waals surface area contributed by atoms with Gasteiger partial charge < -0.3 is 29.9 Å². The zero-order valence-electron chi connectivity index (χ0n) is 18.1. The van der Waals surface area contributed by atoms with Crippen molar-refractivity contribution in [1.29, 1.82) is 0 Å². The summed E-state index contributed by atoms with van der Waals surface area (Å²) in [5.41, 5.74) is 0. The van der Waals surface area contributed by atoms with Gasteiger partial charge in [0.05, 0.1) is 12.7 Å². The quantitative estimate of drug-likeness (QED) is 0.190. The van der Waals surface area contributed by atoms with E-state index in [2.05, 4.69) is 41.2 Å². The number of rotatable bonds is 11. The number of piperazine rings is 1. The molecule has 0 aliphatic carbocycles. The minimum Gasteiger partial charge on any atom is -0.379 e. The fraction of sp³-hybridized carbons (Fsp3) is 0.950. The van der Waals surface area contributed by atoms with E-state index in [1.807, 2.05) is 0 Å². The maximum Gasteiger partial charge on any atom is 0.191 e. The molecule has 2 N–H and O–H groups in total. The van der Waals surface area contributed by atoms with Crippen molar-refractivity contribution in [3.63, 3.8) is 0 Å². The molecule has 0 spiro atoms. The molecule has 8 heteroatoms. The Labute approximate surface area is 189 Å². The van der Waals surface area contributed by atoms with Crippen LogP contribution in [0.3, 0.4) is 0 Å². The van der Waals surface area contributed by atoms with Gasteiger partial charge in [0.2, 0.25) is 0 Å². The maximum absolute atomic E-state index is 5.81. The molecule has 2 saturated heterocycles. The van der Waals surface area contributed by atoms with Crippen LogP contribution in [-0.4, -0.2) is 101 Å². The molecule has 0 radical (unpaired) electrons. The lowest BCUT2D eigenvalue weighted by Gasteiger charge is -2.35. The van der Waals surface area contributed by atoms with Gasteiger partial charge in [-0.25, -0.2) is 0 Å². The summed E-state index contributed by atoms with van der Waals surface area (Å²) in [6.07, 6.45) is 2.31. The molecule has 0 amide bonds. The van der Waals surface area contributed by atoms with Crippen molar-refractivity contribution >= 4 is 29.9 Å². The normalized spacial score (nSPS) is 22.7. The third-order valence-electron chi connectivity index (χ3n) is 5.24. The fourth-order valence-corrected chi connectivity index (χ4v) is 3.55. The molecule has 7 nitrogen and oxygen atoms in total. The van der Waals surface area contributed by atoms with Gasteiger partial charge in [0.15, 0.2) is 5.96 Å². The van der Waals surface area contributed by atoms with Crippen molar-refractivity contribution in [3.8, 4) is 0 Å². The Hall–Kier alpha value is -0.160. The third-order valence-corrected chi connectivity index (χ3v) is 5.24. The molecule has 0 aromatic carbocycles. The molecule has 0 bridgehead atoms. The highest BCUT2D eigenvalue weighted by Gasteiger charge is 2.17. The molecule has 2 atom stereocenters. The fourth-order valence-electron chi connectivity index (χ4n) is 3.55. The minimum atomic E-state index is 0. The van der Waals surface area contributed by atoms with Gasteiger partial charge in [-0.15, -0.1) is 24.0 Å². The Morgan fingerprint density at radius 1 is 1.18 bits per heavy atom. The smallest absolute Gasteiger partial charge is 0.191 e. The molecule has 2 aliphatic rings. The summed E-state index contributed by atoms with van der Waals surface area (Å²) >= 11 is 0. The first kappa shape index (κ1) is 25.9. The third kappa shape index (κ3) is 10.6. The van der Waals surface area contributed by atoms with Crippen molar-refractivity contribution < 1.29 is 9.47 Å². The van der Waals surface area contributed by atoms with Crippen LogP contribution in [-0.2, 0) is 9.47 Å². The van der Waals surface area contributed by atoms with E-state index in [1.165, 1.54) is 32.7 Å². The zero-order chi connectivity index (χ0) is 19.3. The Kier molecular flexibility index (Phi) is 14.5. The van der Waals surface area contributed by atoms with E-state index in [4.69, 9.17) is 14.5 Å². The molecule has 2 aliphatic heterocycles. The van der Waals surface area contributed by atoms with Gasteiger partial charge >= 0.3 is 0 Å². The Balaban J connectivity index is 0.00000392. The van der Waals surface area contributed by atoms with Gasteiger partial charge in [-0.05, 0) is 32.2 Å². The molecular weight excluding hydrogens is 469 g/mol. The second-order valence-electron chi connectivity index (χ2n) is 7.70. The number of hydrogen-bond donors (Lipinski definition) is 2. The molecular formula is C20H42IN5O2. The Morgan fingerprint density at radius 2 is 1.93 bits per heavy atom. The Bertz CT molecular complexity index is 413. The molecule has 2 fully saturated rings. The number of likely N-dealkylation sites (N-methyl/N-ethyl adjacent to an activating group) is 1. The standard InChI is InChI=1S/C20H41N5O2.HI/c1-4-21-20(22-8-6-13-27-19-7-14-26-17-19)23-15-18(3)16-25-11-9-24(5-2)10-12-25;/h18-19H,4-17H2,1-3H3,(H2,21,22,23);1H. The highest BCUT2D eigenvalue weighted by Crippen LogP contribution is 2.08. The maximum atomic E-state index is 5.81. The lowest BCUT2D eigenvalue weighted by atomic mass is 10.1. The summed E-state index contributed by atoms with van der Waals surface area (Å²) in [4.78, 5) is 9.89. The van der Waals surface area contributed by atoms with Crippen molar-refractivity contribution in [3.05, 3.63) is 0 Å². The number of halogens is 1. The summed E-state index contributed by atoms with van der Waals surface area (Å²) in [5, 5.41) is 6.77. The van der Waals surface area contributed by atoms with Crippen LogP contribution < -0.4 is 10.6 Å². The summed E-state index contributed by atoms with van der Waals surface area (Å²) in [7, 11) is 0. The van der Waals surface area contributed by atoms with E-state index in [0.717, 1.165) is 64.8 Å². The average molecular weight is 511 g/mol. The molecule has 2 unspecified atom stereocenters. The first-order valence-electron chi connectivity index (χ1n) is 10.9. The number of ether oxygens (including phenoxy) is 2. The predicted molar refractivity (Wildman–Crippen MR) is 127 cm³/mol. The lowest BCUT2D eigenvalue weighted by molar-refractivity contribution is 0.0420. The second-order valence-corrected chi connectivity index (χ2v) is 7.70. The first-order valence-corrected chi connectivity index (χ1v) is 10.9. The Morgan fingerprint density at radius 3 is 2.57 bits per heavy atom. The summed E-state index contributed by atoms with van der Waals surface area (Å²) in [6, 6.07) is 0. The van der Waals surface area contributed by atoms with Gasteiger partial charge in [-0.3, -0.25) is 4.99 Å². The van der Waals surface area contributed by atoms with Crippen molar-refractivity contribution in [2.75, 3.05) is 78.7 Å². The highest BCUT2D eigenvalue weighted by atomic mass is 127. The van der Waals surface area contributed by atoms with Crippen LogP contribution in [0, 0.1) is 5.92 Å². The average Bonchev–Trinajstić information content (AvgIpc) is 3.20. The van der Waals surface area contributed by atoms with E-state index in [-0.39, 0.29) is 24.0 Å². The van der Waals surface area contributed by atoms with Crippen LogP contribution >= 0.6 is 24.0 Å². The predicted octanol–water partition coefficient (Wildman–Crippen LogP) is 1.63. The largest absolute Gasteiger partial charge is 0.379 e. The topological polar surface area (TPSA) is 61.4 Å².